The summed E-state index contributed by atoms with van der Waals surface area (Å²) in [5, 5.41) is 3.25. The summed E-state index contributed by atoms with van der Waals surface area (Å²) in [7, 11) is 3.23. The second kappa shape index (κ2) is 10.4. The molecule has 0 aromatic heterocycles. The van der Waals surface area contributed by atoms with Crippen LogP contribution in [0.3, 0.4) is 0 Å². The molecule has 6 nitrogen and oxygen atoms in total. The van der Waals surface area contributed by atoms with Crippen LogP contribution in [-0.4, -0.2) is 64.1 Å². The quantitative estimate of drug-likeness (QED) is 0.411. The van der Waals surface area contributed by atoms with Crippen molar-refractivity contribution in [2.75, 3.05) is 47.1 Å². The van der Waals surface area contributed by atoms with Crippen LogP contribution in [0.2, 0.25) is 0 Å². The predicted octanol–water partition coefficient (Wildman–Crippen LogP) is 3.00. The van der Waals surface area contributed by atoms with Gasteiger partial charge < -0.3 is 24.4 Å². The molecule has 2 rings (SSSR count). The highest BCUT2D eigenvalue weighted by Crippen LogP contribution is 2.33. The summed E-state index contributed by atoms with van der Waals surface area (Å²) in [6.45, 7) is 3.36. The number of hydrogen-bond acceptors (Lipinski definition) is 4. The highest BCUT2D eigenvalue weighted by molar-refractivity contribution is 5.80. The summed E-state index contributed by atoms with van der Waals surface area (Å²) < 4.78 is 51.6. The Morgan fingerprint density at radius 2 is 1.86 bits per heavy atom. The van der Waals surface area contributed by atoms with Gasteiger partial charge in [-0.3, -0.25) is 4.99 Å². The zero-order chi connectivity index (χ0) is 20.6. The monoisotopic (exact) mass is 403 g/mol. The Kier molecular flexibility index (Phi) is 8.22. The van der Waals surface area contributed by atoms with E-state index in [2.05, 4.69) is 19.9 Å². The minimum absolute atomic E-state index is 0.0300. The number of rotatable bonds is 8. The SMILES string of the molecule is CCNC(=NCCCOCC(F)(F)F)N1CCc2cc(OC)c(OC)cc2C1. The van der Waals surface area contributed by atoms with Gasteiger partial charge >= 0.3 is 6.18 Å². The number of benzene rings is 1. The Hall–Kier alpha value is -2.16. The highest BCUT2D eigenvalue weighted by atomic mass is 19.4. The average molecular weight is 403 g/mol. The third kappa shape index (κ3) is 6.47. The fourth-order valence-corrected chi connectivity index (χ4v) is 3.03. The second-order valence-electron chi connectivity index (χ2n) is 6.40. The van der Waals surface area contributed by atoms with E-state index in [0.29, 0.717) is 37.6 Å². The third-order valence-electron chi connectivity index (χ3n) is 4.33. The molecule has 158 valence electrons. The lowest BCUT2D eigenvalue weighted by molar-refractivity contribution is -0.173. The molecule has 9 heteroatoms. The number of aliphatic imine (C=N–C) groups is 1. The van der Waals surface area contributed by atoms with Crippen molar-refractivity contribution in [3.8, 4) is 11.5 Å². The molecule has 1 aromatic carbocycles. The van der Waals surface area contributed by atoms with Gasteiger partial charge in [0.2, 0.25) is 0 Å². The van der Waals surface area contributed by atoms with E-state index in [1.54, 1.807) is 14.2 Å². The molecule has 0 bridgehead atoms. The first-order valence-corrected chi connectivity index (χ1v) is 9.29. The Morgan fingerprint density at radius 3 is 2.46 bits per heavy atom. The fourth-order valence-electron chi connectivity index (χ4n) is 3.03. The molecular weight excluding hydrogens is 375 g/mol. The number of nitrogens with zero attached hydrogens (tertiary/aromatic N) is 2. The Labute approximate surface area is 163 Å². The van der Waals surface area contributed by atoms with E-state index in [0.717, 1.165) is 24.5 Å². The minimum Gasteiger partial charge on any atom is -0.493 e. The number of hydrogen-bond donors (Lipinski definition) is 1. The predicted molar refractivity (Wildman–Crippen MR) is 101 cm³/mol. The van der Waals surface area contributed by atoms with Gasteiger partial charge in [-0.25, -0.2) is 0 Å². The Balaban J connectivity index is 1.97. The van der Waals surface area contributed by atoms with Gasteiger partial charge in [0.1, 0.15) is 6.61 Å². The Morgan fingerprint density at radius 1 is 1.18 bits per heavy atom. The molecule has 1 heterocycles. The van der Waals surface area contributed by atoms with Gasteiger partial charge in [-0.1, -0.05) is 0 Å². The van der Waals surface area contributed by atoms with Crippen molar-refractivity contribution in [3.05, 3.63) is 23.3 Å². The molecule has 1 aliphatic rings. The molecule has 0 fully saturated rings. The Bertz CT molecular complexity index is 666. The van der Waals surface area contributed by atoms with Crippen LogP contribution >= 0.6 is 0 Å². The topological polar surface area (TPSA) is 55.3 Å². The molecule has 1 N–H and O–H groups in total. The van der Waals surface area contributed by atoms with Crippen LogP contribution in [0.1, 0.15) is 24.5 Å². The van der Waals surface area contributed by atoms with Crippen molar-refractivity contribution in [2.45, 2.75) is 32.5 Å². The van der Waals surface area contributed by atoms with E-state index in [4.69, 9.17) is 9.47 Å². The molecule has 0 atom stereocenters. The van der Waals surface area contributed by atoms with E-state index in [1.165, 1.54) is 5.56 Å². The van der Waals surface area contributed by atoms with E-state index in [1.807, 2.05) is 19.1 Å². The van der Waals surface area contributed by atoms with Crippen LogP contribution < -0.4 is 14.8 Å². The molecule has 0 aliphatic carbocycles. The number of methoxy groups -OCH3 is 2. The van der Waals surface area contributed by atoms with Crippen LogP contribution in [0, 0.1) is 0 Å². The van der Waals surface area contributed by atoms with Gasteiger partial charge in [0.05, 0.1) is 14.2 Å². The number of nitrogens with one attached hydrogen (secondary N) is 1. The molecule has 0 spiro atoms. The lowest BCUT2D eigenvalue weighted by atomic mass is 9.99. The number of fused-ring (bicyclic) bond motifs is 1. The van der Waals surface area contributed by atoms with E-state index < -0.39 is 12.8 Å². The summed E-state index contributed by atoms with van der Waals surface area (Å²) in [6.07, 6.45) is -3.02. The van der Waals surface area contributed by atoms with Crippen molar-refractivity contribution >= 4 is 5.96 Å². The van der Waals surface area contributed by atoms with Crippen molar-refractivity contribution in [1.82, 2.24) is 10.2 Å². The highest BCUT2D eigenvalue weighted by Gasteiger charge is 2.27. The third-order valence-corrected chi connectivity index (χ3v) is 4.33. The maximum atomic E-state index is 12.1. The first-order valence-electron chi connectivity index (χ1n) is 9.29. The zero-order valence-corrected chi connectivity index (χ0v) is 16.6. The molecule has 28 heavy (non-hydrogen) atoms. The summed E-state index contributed by atoms with van der Waals surface area (Å²) in [5.74, 6) is 2.15. The van der Waals surface area contributed by atoms with Crippen LogP contribution in [0.5, 0.6) is 11.5 Å². The molecule has 0 radical (unpaired) electrons. The first-order chi connectivity index (χ1) is 13.4. The summed E-state index contributed by atoms with van der Waals surface area (Å²) in [4.78, 5) is 6.67. The van der Waals surface area contributed by atoms with E-state index >= 15 is 0 Å². The number of halogens is 3. The molecule has 0 saturated heterocycles. The smallest absolute Gasteiger partial charge is 0.411 e. The molecular formula is C19H28F3N3O3. The number of alkyl halides is 3. The van der Waals surface area contributed by atoms with Gasteiger partial charge in [-0.15, -0.1) is 0 Å². The van der Waals surface area contributed by atoms with Gasteiger partial charge in [0.25, 0.3) is 0 Å². The van der Waals surface area contributed by atoms with Crippen LogP contribution in [0.25, 0.3) is 0 Å². The molecule has 0 saturated carbocycles. The molecule has 0 amide bonds. The number of guanidine groups is 1. The molecule has 1 aromatic rings. The van der Waals surface area contributed by atoms with Crippen molar-refractivity contribution < 1.29 is 27.4 Å². The molecule has 0 unspecified atom stereocenters. The van der Waals surface area contributed by atoms with Crippen molar-refractivity contribution in [1.29, 1.82) is 0 Å². The van der Waals surface area contributed by atoms with Gasteiger partial charge in [0.15, 0.2) is 17.5 Å². The summed E-state index contributed by atoms with van der Waals surface area (Å²) in [5.41, 5.74) is 2.35. The maximum Gasteiger partial charge on any atom is 0.411 e. The lowest BCUT2D eigenvalue weighted by Crippen LogP contribution is -2.44. The summed E-state index contributed by atoms with van der Waals surface area (Å²) in [6, 6.07) is 3.99. The first kappa shape index (κ1) is 22.1. The van der Waals surface area contributed by atoms with E-state index in [-0.39, 0.29) is 6.61 Å². The standard InChI is InChI=1S/C19H28F3N3O3/c1-4-23-18(24-7-5-9-28-13-19(20,21)22)25-8-6-14-10-16(26-2)17(27-3)11-15(14)12-25/h10-11H,4-9,12-13H2,1-3H3,(H,23,24). The maximum absolute atomic E-state index is 12.1. The largest absolute Gasteiger partial charge is 0.493 e. The van der Waals surface area contributed by atoms with Crippen molar-refractivity contribution in [3.63, 3.8) is 0 Å². The van der Waals surface area contributed by atoms with Gasteiger partial charge in [0, 0.05) is 32.8 Å². The van der Waals surface area contributed by atoms with E-state index in [9.17, 15) is 13.2 Å². The van der Waals surface area contributed by atoms with Gasteiger partial charge in [-0.2, -0.15) is 13.2 Å². The number of ether oxygens (including phenoxy) is 3. The van der Waals surface area contributed by atoms with Crippen LogP contribution in [0.4, 0.5) is 13.2 Å². The second-order valence-corrected chi connectivity index (χ2v) is 6.40. The van der Waals surface area contributed by atoms with Crippen molar-refractivity contribution in [2.24, 2.45) is 4.99 Å². The van der Waals surface area contributed by atoms with Crippen LogP contribution in [0.15, 0.2) is 17.1 Å². The average Bonchev–Trinajstić information content (AvgIpc) is 2.67. The van der Waals surface area contributed by atoms with Gasteiger partial charge in [-0.05, 0) is 43.0 Å². The minimum atomic E-state index is -4.29. The van der Waals surface area contributed by atoms with Crippen LogP contribution in [-0.2, 0) is 17.7 Å². The lowest BCUT2D eigenvalue weighted by Gasteiger charge is -2.32. The molecule has 1 aliphatic heterocycles. The summed E-state index contributed by atoms with van der Waals surface area (Å²) >= 11 is 0. The zero-order valence-electron chi connectivity index (χ0n) is 16.6. The fraction of sp³-hybridized carbons (Fsp3) is 0.632. The normalized spacial score (nSPS) is 14.6.